The summed E-state index contributed by atoms with van der Waals surface area (Å²) >= 11 is 0. The number of hydrogen-bond acceptors (Lipinski definition) is 0. The molecule has 0 spiro atoms. The molecule has 0 saturated heterocycles. The van der Waals surface area contributed by atoms with Gasteiger partial charge in [0.05, 0.1) is 27.3 Å². The van der Waals surface area contributed by atoms with Gasteiger partial charge in [-0.2, -0.15) is 0 Å². The zero-order valence-electron chi connectivity index (χ0n) is 21.6. The summed E-state index contributed by atoms with van der Waals surface area (Å²) in [7, 11) is 2.21. The molecule has 0 amide bonds. The smallest absolute Gasteiger partial charge is 0.224 e. The van der Waals surface area contributed by atoms with Crippen LogP contribution in [0.4, 0.5) is 0 Å². The van der Waals surface area contributed by atoms with Crippen LogP contribution in [0.3, 0.4) is 0 Å². The lowest BCUT2D eigenvalue weighted by atomic mass is 9.92. The first kappa shape index (κ1) is 20.5. The molecule has 0 aliphatic heterocycles. The molecule has 0 unspecified atom stereocenters. The van der Waals surface area contributed by atoms with Crippen molar-refractivity contribution in [2.75, 3.05) is 0 Å². The molecule has 1 saturated carbocycles. The Labute approximate surface area is 211 Å². The molecule has 3 aromatic heterocycles. The SMILES string of the molecule is Cc1ccc2c(C)c3c(c(C)c2c1)n1c2cc(C4CCCC4)ccc2c2ccc4cc[n+](C)c3c4c21. The van der Waals surface area contributed by atoms with Crippen molar-refractivity contribution < 1.29 is 4.57 Å². The molecule has 0 bridgehead atoms. The number of fused-ring (bicyclic) bond motifs is 7. The van der Waals surface area contributed by atoms with Crippen molar-refractivity contribution in [2.45, 2.75) is 52.4 Å². The van der Waals surface area contributed by atoms with Crippen LogP contribution in [0, 0.1) is 20.8 Å². The Hall–Kier alpha value is -3.65. The second-order valence-electron chi connectivity index (χ2n) is 11.3. The second-order valence-corrected chi connectivity index (χ2v) is 11.3. The molecule has 4 aromatic carbocycles. The summed E-state index contributed by atoms with van der Waals surface area (Å²) in [5.74, 6) is 0.704. The topological polar surface area (TPSA) is 8.29 Å². The third-order valence-corrected chi connectivity index (χ3v) is 9.29. The van der Waals surface area contributed by atoms with Crippen LogP contribution >= 0.6 is 0 Å². The van der Waals surface area contributed by atoms with Crippen molar-refractivity contribution in [2.24, 2.45) is 7.05 Å². The minimum Gasteiger partial charge on any atom is -0.307 e. The molecule has 2 nitrogen and oxygen atoms in total. The number of nitrogens with zero attached hydrogens (tertiary/aromatic N) is 2. The Morgan fingerprint density at radius 1 is 0.722 bits per heavy atom. The predicted molar refractivity (Wildman–Crippen MR) is 153 cm³/mol. The summed E-state index contributed by atoms with van der Waals surface area (Å²) in [5, 5.41) is 9.59. The standard InChI is InChI=1S/C34H31N2/c1-19-9-12-25-20(2)30-32(21(3)28(25)17-19)36-29-18-24(22-7-5-6-8-22)11-13-26(29)27-14-10-23-15-16-35(4)34(30)31(23)33(27)36/h9-18,22H,5-8H2,1-4H3/q+1. The minimum absolute atomic E-state index is 0.704. The Kier molecular flexibility index (Phi) is 3.98. The van der Waals surface area contributed by atoms with E-state index in [0.29, 0.717) is 5.92 Å². The van der Waals surface area contributed by atoms with Crippen molar-refractivity contribution in [1.29, 1.82) is 0 Å². The summed E-state index contributed by atoms with van der Waals surface area (Å²) < 4.78 is 4.98. The number of rotatable bonds is 1. The molecule has 176 valence electrons. The van der Waals surface area contributed by atoms with E-state index in [1.165, 1.54) is 108 Å². The summed E-state index contributed by atoms with van der Waals surface area (Å²) in [6.45, 7) is 6.88. The van der Waals surface area contributed by atoms with Crippen LogP contribution < -0.4 is 4.57 Å². The van der Waals surface area contributed by atoms with E-state index in [0.717, 1.165) is 0 Å². The van der Waals surface area contributed by atoms with Gasteiger partial charge in [0.2, 0.25) is 5.52 Å². The Morgan fingerprint density at radius 3 is 2.33 bits per heavy atom. The quantitative estimate of drug-likeness (QED) is 0.130. The van der Waals surface area contributed by atoms with Crippen LogP contribution in [0.25, 0.3) is 59.8 Å². The fraction of sp³-hybridized carbons (Fsp3) is 0.265. The van der Waals surface area contributed by atoms with Gasteiger partial charge < -0.3 is 4.40 Å². The summed E-state index contributed by atoms with van der Waals surface area (Å²) in [6, 6.07) is 21.3. The third-order valence-electron chi connectivity index (χ3n) is 9.29. The van der Waals surface area contributed by atoms with Crippen LogP contribution in [0.5, 0.6) is 0 Å². The molecular formula is C34H31N2+. The van der Waals surface area contributed by atoms with E-state index in [4.69, 9.17) is 0 Å². The van der Waals surface area contributed by atoms with E-state index in [1.807, 2.05) is 0 Å². The maximum Gasteiger partial charge on any atom is 0.224 e. The Bertz CT molecular complexity index is 2030. The maximum atomic E-state index is 2.64. The van der Waals surface area contributed by atoms with Crippen LogP contribution in [0.1, 0.15) is 53.9 Å². The lowest BCUT2D eigenvalue weighted by molar-refractivity contribution is -0.643. The number of benzene rings is 4. The fourth-order valence-electron chi connectivity index (χ4n) is 7.51. The number of pyridine rings is 2. The van der Waals surface area contributed by atoms with Crippen molar-refractivity contribution in [3.63, 3.8) is 0 Å². The van der Waals surface area contributed by atoms with Gasteiger partial charge in [-0.15, -0.1) is 0 Å². The van der Waals surface area contributed by atoms with Crippen LogP contribution in [0.15, 0.2) is 60.8 Å². The first-order valence-electron chi connectivity index (χ1n) is 13.5. The largest absolute Gasteiger partial charge is 0.307 e. The molecule has 36 heavy (non-hydrogen) atoms. The molecule has 2 heteroatoms. The Morgan fingerprint density at radius 2 is 1.50 bits per heavy atom. The summed E-state index contributed by atoms with van der Waals surface area (Å²) in [5.41, 5.74) is 11.1. The molecule has 0 N–H and O–H groups in total. The zero-order valence-corrected chi connectivity index (χ0v) is 21.6. The van der Waals surface area contributed by atoms with Crippen molar-refractivity contribution in [3.05, 3.63) is 83.0 Å². The van der Waals surface area contributed by atoms with E-state index < -0.39 is 0 Å². The van der Waals surface area contributed by atoms with Gasteiger partial charge in [-0.25, -0.2) is 4.57 Å². The number of aryl methyl sites for hydroxylation is 4. The van der Waals surface area contributed by atoms with Gasteiger partial charge in [-0.3, -0.25) is 0 Å². The molecule has 0 atom stereocenters. The van der Waals surface area contributed by atoms with E-state index >= 15 is 0 Å². The van der Waals surface area contributed by atoms with E-state index in [9.17, 15) is 0 Å². The molecule has 1 aliphatic carbocycles. The molecular weight excluding hydrogens is 436 g/mol. The highest BCUT2D eigenvalue weighted by atomic mass is 15.0. The number of aromatic nitrogens is 2. The third kappa shape index (κ3) is 2.45. The van der Waals surface area contributed by atoms with Gasteiger partial charge in [-0.1, -0.05) is 60.9 Å². The van der Waals surface area contributed by atoms with Gasteiger partial charge in [0, 0.05) is 16.8 Å². The van der Waals surface area contributed by atoms with Crippen LogP contribution in [-0.4, -0.2) is 4.40 Å². The normalized spacial score (nSPS) is 15.2. The van der Waals surface area contributed by atoms with Gasteiger partial charge in [0.1, 0.15) is 7.05 Å². The van der Waals surface area contributed by atoms with Gasteiger partial charge in [0.25, 0.3) is 0 Å². The summed E-state index contributed by atoms with van der Waals surface area (Å²) in [6.07, 6.45) is 7.61. The van der Waals surface area contributed by atoms with Crippen LogP contribution in [0.2, 0.25) is 0 Å². The lowest BCUT2D eigenvalue weighted by Gasteiger charge is -2.18. The van der Waals surface area contributed by atoms with Crippen molar-refractivity contribution in [1.82, 2.24) is 4.40 Å². The zero-order chi connectivity index (χ0) is 24.3. The first-order valence-corrected chi connectivity index (χ1v) is 13.5. The highest BCUT2D eigenvalue weighted by molar-refractivity contribution is 6.28. The summed E-state index contributed by atoms with van der Waals surface area (Å²) in [4.78, 5) is 0. The van der Waals surface area contributed by atoms with Crippen LogP contribution in [-0.2, 0) is 7.05 Å². The highest BCUT2D eigenvalue weighted by Crippen LogP contribution is 2.45. The van der Waals surface area contributed by atoms with E-state index in [1.54, 1.807) is 0 Å². The second kappa shape index (κ2) is 6.97. The van der Waals surface area contributed by atoms with Gasteiger partial charge in [-0.05, 0) is 78.4 Å². The molecule has 8 rings (SSSR count). The monoisotopic (exact) mass is 467 g/mol. The average Bonchev–Trinajstić information content (AvgIpc) is 3.54. The van der Waals surface area contributed by atoms with Crippen molar-refractivity contribution in [3.8, 4) is 0 Å². The molecule has 1 fully saturated rings. The molecule has 3 heterocycles. The fourth-order valence-corrected chi connectivity index (χ4v) is 7.51. The Balaban J connectivity index is 1.72. The van der Waals surface area contributed by atoms with E-state index in [2.05, 4.69) is 97.6 Å². The predicted octanol–water partition coefficient (Wildman–Crippen LogP) is 8.55. The van der Waals surface area contributed by atoms with E-state index in [-0.39, 0.29) is 0 Å². The molecule has 7 aromatic rings. The molecule has 0 radical (unpaired) electrons. The van der Waals surface area contributed by atoms with Crippen molar-refractivity contribution >= 4 is 59.8 Å². The van der Waals surface area contributed by atoms with Gasteiger partial charge >= 0.3 is 0 Å². The van der Waals surface area contributed by atoms with Gasteiger partial charge in [0.15, 0.2) is 6.20 Å². The lowest BCUT2D eigenvalue weighted by Crippen LogP contribution is -2.29. The number of hydrogen-bond donors (Lipinski definition) is 0. The molecule has 1 aliphatic rings. The maximum absolute atomic E-state index is 2.64. The average molecular weight is 468 g/mol. The minimum atomic E-state index is 0.704. The first-order chi connectivity index (χ1) is 17.5. The highest BCUT2D eigenvalue weighted by Gasteiger charge is 2.27.